The van der Waals surface area contributed by atoms with Gasteiger partial charge in [-0.1, -0.05) is 13.5 Å². The molecule has 2 atom stereocenters. The van der Waals surface area contributed by atoms with E-state index in [0.717, 1.165) is 6.42 Å². The van der Waals surface area contributed by atoms with Crippen LogP contribution in [0, 0.1) is 12.5 Å². The number of hydrogen-bond donors (Lipinski definition) is 0. The van der Waals surface area contributed by atoms with Gasteiger partial charge in [-0.3, -0.25) is 0 Å². The highest BCUT2D eigenvalue weighted by molar-refractivity contribution is 4.93. The Morgan fingerprint density at radius 2 is 2.56 bits per heavy atom. The predicted molar refractivity (Wildman–Crippen MR) is 36.7 cm³/mol. The predicted octanol–water partition coefficient (Wildman–Crippen LogP) is 1.91. The fourth-order valence-corrected chi connectivity index (χ4v) is 0.905. The van der Waals surface area contributed by atoms with E-state index in [4.69, 9.17) is 11.3 Å². The van der Waals surface area contributed by atoms with E-state index in [9.17, 15) is 0 Å². The van der Waals surface area contributed by atoms with Crippen molar-refractivity contribution in [3.63, 3.8) is 0 Å². The van der Waals surface area contributed by atoms with Gasteiger partial charge >= 0.3 is 0 Å². The molecule has 2 unspecified atom stereocenters. The van der Waals surface area contributed by atoms with Crippen molar-refractivity contribution in [2.75, 3.05) is 0 Å². The summed E-state index contributed by atoms with van der Waals surface area (Å²) >= 11 is 0. The summed E-state index contributed by atoms with van der Waals surface area (Å²) in [6, 6.07) is 0. The van der Waals surface area contributed by atoms with E-state index < -0.39 is 0 Å². The SMILES string of the molecule is [CH]=CC1CC(C)C=CO1. The average Bonchev–Trinajstić information content (AvgIpc) is 1.88. The Morgan fingerprint density at radius 1 is 1.78 bits per heavy atom. The molecule has 0 fully saturated rings. The Hall–Kier alpha value is -0.720. The molecule has 0 aromatic heterocycles. The molecule has 1 radical (unpaired) electrons. The summed E-state index contributed by atoms with van der Waals surface area (Å²) < 4.78 is 5.14. The van der Waals surface area contributed by atoms with Gasteiger partial charge in [0.15, 0.2) is 0 Å². The first-order valence-electron chi connectivity index (χ1n) is 3.20. The van der Waals surface area contributed by atoms with Gasteiger partial charge in [-0.25, -0.2) is 0 Å². The third-order valence-electron chi connectivity index (χ3n) is 1.48. The van der Waals surface area contributed by atoms with Crippen LogP contribution >= 0.6 is 0 Å². The van der Waals surface area contributed by atoms with E-state index in [2.05, 4.69) is 6.92 Å². The van der Waals surface area contributed by atoms with Crippen molar-refractivity contribution in [3.8, 4) is 0 Å². The third kappa shape index (κ3) is 1.60. The van der Waals surface area contributed by atoms with Crippen LogP contribution in [0.5, 0.6) is 0 Å². The summed E-state index contributed by atoms with van der Waals surface area (Å²) in [5.41, 5.74) is 0. The first kappa shape index (κ1) is 6.40. The maximum Gasteiger partial charge on any atom is 0.117 e. The third-order valence-corrected chi connectivity index (χ3v) is 1.48. The van der Waals surface area contributed by atoms with Crippen LogP contribution in [0.3, 0.4) is 0 Å². The van der Waals surface area contributed by atoms with E-state index in [1.165, 1.54) is 0 Å². The lowest BCUT2D eigenvalue weighted by Crippen LogP contribution is -2.13. The van der Waals surface area contributed by atoms with Crippen LogP contribution in [0.25, 0.3) is 0 Å². The minimum absolute atomic E-state index is 0.130. The van der Waals surface area contributed by atoms with Crippen LogP contribution in [0.15, 0.2) is 18.4 Å². The van der Waals surface area contributed by atoms with Crippen molar-refractivity contribution in [2.24, 2.45) is 5.92 Å². The molecule has 0 aromatic rings. The number of ether oxygens (including phenoxy) is 1. The van der Waals surface area contributed by atoms with Crippen molar-refractivity contribution in [1.82, 2.24) is 0 Å². The Bertz CT molecular complexity index is 127. The van der Waals surface area contributed by atoms with Gasteiger partial charge < -0.3 is 4.74 Å². The maximum absolute atomic E-state index is 5.28. The molecule has 0 N–H and O–H groups in total. The zero-order valence-electron chi connectivity index (χ0n) is 5.58. The minimum Gasteiger partial charge on any atom is -0.494 e. The Morgan fingerprint density at radius 3 is 3.00 bits per heavy atom. The first-order chi connectivity index (χ1) is 4.33. The van der Waals surface area contributed by atoms with Crippen LogP contribution in [-0.2, 0) is 4.74 Å². The summed E-state index contributed by atoms with van der Waals surface area (Å²) in [4.78, 5) is 0. The molecule has 1 aliphatic heterocycles. The molecule has 1 heteroatoms. The van der Waals surface area contributed by atoms with Crippen LogP contribution in [0.2, 0.25) is 0 Å². The van der Waals surface area contributed by atoms with E-state index in [-0.39, 0.29) is 6.10 Å². The Kier molecular flexibility index (Phi) is 1.93. The fraction of sp³-hybridized carbons (Fsp3) is 0.500. The second-order valence-electron chi connectivity index (χ2n) is 2.41. The van der Waals surface area contributed by atoms with Crippen molar-refractivity contribution in [1.29, 1.82) is 0 Å². The van der Waals surface area contributed by atoms with Gasteiger partial charge in [-0.05, 0) is 24.5 Å². The highest BCUT2D eigenvalue weighted by atomic mass is 16.5. The van der Waals surface area contributed by atoms with Gasteiger partial charge in [-0.15, -0.1) is 0 Å². The molecule has 1 aliphatic rings. The van der Waals surface area contributed by atoms with Crippen LogP contribution in [0.1, 0.15) is 13.3 Å². The lowest BCUT2D eigenvalue weighted by molar-refractivity contribution is 0.149. The number of allylic oxidation sites excluding steroid dienone is 1. The molecule has 1 rings (SSSR count). The van der Waals surface area contributed by atoms with Crippen LogP contribution in [0.4, 0.5) is 0 Å². The molecule has 1 heterocycles. The topological polar surface area (TPSA) is 9.23 Å². The summed E-state index contributed by atoms with van der Waals surface area (Å²) in [7, 11) is 0. The van der Waals surface area contributed by atoms with E-state index in [0.29, 0.717) is 5.92 Å². The second kappa shape index (κ2) is 2.72. The monoisotopic (exact) mass is 123 g/mol. The fourth-order valence-electron chi connectivity index (χ4n) is 0.905. The summed E-state index contributed by atoms with van der Waals surface area (Å²) in [6.07, 6.45) is 6.50. The highest BCUT2D eigenvalue weighted by Crippen LogP contribution is 2.16. The summed E-state index contributed by atoms with van der Waals surface area (Å²) in [5.74, 6) is 0.601. The van der Waals surface area contributed by atoms with E-state index >= 15 is 0 Å². The molecule has 9 heavy (non-hydrogen) atoms. The minimum atomic E-state index is 0.130. The van der Waals surface area contributed by atoms with Crippen molar-refractivity contribution < 1.29 is 4.74 Å². The van der Waals surface area contributed by atoms with Gasteiger partial charge in [0.05, 0.1) is 6.26 Å². The summed E-state index contributed by atoms with van der Waals surface area (Å²) in [6.45, 7) is 7.43. The molecule has 0 aromatic carbocycles. The van der Waals surface area contributed by atoms with Crippen LogP contribution in [-0.4, -0.2) is 6.10 Å². The van der Waals surface area contributed by atoms with Crippen molar-refractivity contribution >= 4 is 0 Å². The molecule has 0 spiro atoms. The standard InChI is InChI=1S/C8H11O/c1-3-8-6-7(2)4-5-9-8/h1,3-5,7-8H,6H2,2H3. The summed E-state index contributed by atoms with van der Waals surface area (Å²) in [5, 5.41) is 0. The van der Waals surface area contributed by atoms with Crippen molar-refractivity contribution in [3.05, 3.63) is 25.0 Å². The molecular weight excluding hydrogens is 112 g/mol. The van der Waals surface area contributed by atoms with E-state index in [1.54, 1.807) is 12.3 Å². The zero-order chi connectivity index (χ0) is 6.69. The molecule has 49 valence electrons. The van der Waals surface area contributed by atoms with Gasteiger partial charge in [0.25, 0.3) is 0 Å². The van der Waals surface area contributed by atoms with Gasteiger partial charge in [0.1, 0.15) is 6.10 Å². The molecule has 0 amide bonds. The van der Waals surface area contributed by atoms with Gasteiger partial charge in [0.2, 0.25) is 0 Å². The quantitative estimate of drug-likeness (QED) is 0.517. The number of rotatable bonds is 1. The Balaban J connectivity index is 2.46. The molecule has 0 bridgehead atoms. The Labute approximate surface area is 56.0 Å². The molecular formula is C8H11O. The molecule has 0 aliphatic carbocycles. The molecule has 0 saturated heterocycles. The highest BCUT2D eigenvalue weighted by Gasteiger charge is 2.11. The second-order valence-corrected chi connectivity index (χ2v) is 2.41. The van der Waals surface area contributed by atoms with E-state index in [1.807, 2.05) is 6.08 Å². The average molecular weight is 123 g/mol. The maximum atomic E-state index is 5.28. The zero-order valence-corrected chi connectivity index (χ0v) is 5.58. The number of hydrogen-bond acceptors (Lipinski definition) is 1. The van der Waals surface area contributed by atoms with Gasteiger partial charge in [0, 0.05) is 0 Å². The normalized spacial score (nSPS) is 33.4. The smallest absolute Gasteiger partial charge is 0.117 e. The largest absolute Gasteiger partial charge is 0.494 e. The van der Waals surface area contributed by atoms with Gasteiger partial charge in [-0.2, -0.15) is 0 Å². The lowest BCUT2D eigenvalue weighted by Gasteiger charge is -2.19. The van der Waals surface area contributed by atoms with Crippen LogP contribution < -0.4 is 0 Å². The molecule has 0 saturated carbocycles. The first-order valence-corrected chi connectivity index (χ1v) is 3.20. The van der Waals surface area contributed by atoms with Crippen molar-refractivity contribution in [2.45, 2.75) is 19.4 Å². The lowest BCUT2D eigenvalue weighted by atomic mass is 10.0. The molecule has 1 nitrogen and oxygen atoms in total.